The summed E-state index contributed by atoms with van der Waals surface area (Å²) in [5.74, 6) is -0.471. The molecule has 0 radical (unpaired) electrons. The Labute approximate surface area is 129 Å². The summed E-state index contributed by atoms with van der Waals surface area (Å²) in [6, 6.07) is 13.6. The number of amides is 3. The third-order valence-corrected chi connectivity index (χ3v) is 3.24. The Hall–Kier alpha value is -2.27. The summed E-state index contributed by atoms with van der Waals surface area (Å²) in [7, 11) is 0. The minimum atomic E-state index is -0.586. The van der Waals surface area contributed by atoms with Gasteiger partial charge in [0.1, 0.15) is 0 Å². The molecule has 1 N–H and O–H groups in total. The Bertz CT molecular complexity index is 651. The van der Waals surface area contributed by atoms with Crippen molar-refractivity contribution in [3.05, 3.63) is 65.2 Å². The molecule has 5 heteroatoms. The Balaban J connectivity index is 2.11. The lowest BCUT2D eigenvalue weighted by Crippen LogP contribution is -2.32. The van der Waals surface area contributed by atoms with E-state index >= 15 is 0 Å². The molecule has 0 fully saturated rings. The number of carbonyl (C=O) groups excluding carboxylic acids is 2. The Morgan fingerprint density at radius 1 is 1.00 bits per heavy atom. The van der Waals surface area contributed by atoms with Crippen LogP contribution < -0.4 is 5.32 Å². The molecule has 3 amide bonds. The number of urea groups is 1. The quantitative estimate of drug-likeness (QED) is 0.828. The highest BCUT2D eigenvalue weighted by Crippen LogP contribution is 2.15. The number of hydrogen-bond donors (Lipinski definition) is 2. The topological polar surface area (TPSA) is 49.4 Å². The van der Waals surface area contributed by atoms with Gasteiger partial charge >= 0.3 is 6.03 Å². The molecular weight excluding hydrogens is 284 g/mol. The van der Waals surface area contributed by atoms with Crippen LogP contribution in [0.4, 0.5) is 10.5 Å². The number of benzene rings is 2. The van der Waals surface area contributed by atoms with E-state index < -0.39 is 11.9 Å². The number of aryl methyl sites for hydroxylation is 2. The summed E-state index contributed by atoms with van der Waals surface area (Å²) in [6.07, 6.45) is 0. The van der Waals surface area contributed by atoms with Crippen LogP contribution in [-0.2, 0) is 0 Å². The zero-order chi connectivity index (χ0) is 15.4. The van der Waals surface area contributed by atoms with Crippen molar-refractivity contribution < 1.29 is 9.59 Å². The van der Waals surface area contributed by atoms with Crippen molar-refractivity contribution in [1.82, 2.24) is 4.31 Å². The van der Waals surface area contributed by atoms with Crippen molar-refractivity contribution in [2.45, 2.75) is 13.8 Å². The van der Waals surface area contributed by atoms with Crippen LogP contribution in [0.5, 0.6) is 0 Å². The Morgan fingerprint density at radius 3 is 2.14 bits per heavy atom. The molecule has 2 aromatic carbocycles. The molecule has 0 bridgehead atoms. The van der Waals surface area contributed by atoms with Gasteiger partial charge < -0.3 is 5.32 Å². The summed E-state index contributed by atoms with van der Waals surface area (Å²) in [6.45, 7) is 3.88. The SMILES string of the molecule is Cc1cc(C)cc(NC(=O)N(S)C(=O)c2ccccc2)c1. The maximum atomic E-state index is 12.1. The molecule has 0 aliphatic carbocycles. The Kier molecular flexibility index (Phi) is 4.65. The fourth-order valence-corrected chi connectivity index (χ4v) is 2.18. The van der Waals surface area contributed by atoms with Crippen LogP contribution in [0, 0.1) is 13.8 Å². The maximum Gasteiger partial charge on any atom is 0.338 e. The van der Waals surface area contributed by atoms with Crippen molar-refractivity contribution in [3.63, 3.8) is 0 Å². The zero-order valence-corrected chi connectivity index (χ0v) is 12.7. The summed E-state index contributed by atoms with van der Waals surface area (Å²) in [4.78, 5) is 24.2. The Morgan fingerprint density at radius 2 is 1.57 bits per heavy atom. The lowest BCUT2D eigenvalue weighted by atomic mass is 10.1. The molecular formula is C16H16N2O2S. The number of nitrogens with one attached hydrogen (secondary N) is 1. The highest BCUT2D eigenvalue weighted by Gasteiger charge is 2.19. The maximum absolute atomic E-state index is 12.1. The van der Waals surface area contributed by atoms with Gasteiger partial charge in [0.15, 0.2) is 0 Å². The van der Waals surface area contributed by atoms with E-state index in [-0.39, 0.29) is 0 Å². The van der Waals surface area contributed by atoms with E-state index in [1.54, 1.807) is 30.3 Å². The van der Waals surface area contributed by atoms with Crippen molar-refractivity contribution in [2.75, 3.05) is 5.32 Å². The lowest BCUT2D eigenvalue weighted by molar-refractivity contribution is 0.0902. The van der Waals surface area contributed by atoms with Crippen molar-refractivity contribution in [3.8, 4) is 0 Å². The van der Waals surface area contributed by atoms with E-state index in [4.69, 9.17) is 0 Å². The van der Waals surface area contributed by atoms with Crippen LogP contribution in [0.3, 0.4) is 0 Å². The highest BCUT2D eigenvalue weighted by molar-refractivity contribution is 7.79. The summed E-state index contributed by atoms with van der Waals surface area (Å²) >= 11 is 3.99. The van der Waals surface area contributed by atoms with Crippen molar-refractivity contribution >= 4 is 30.4 Å². The van der Waals surface area contributed by atoms with Crippen LogP contribution in [0.25, 0.3) is 0 Å². The second-order valence-corrected chi connectivity index (χ2v) is 5.19. The molecule has 0 saturated heterocycles. The molecule has 4 nitrogen and oxygen atoms in total. The van der Waals surface area contributed by atoms with Gasteiger partial charge in [0.2, 0.25) is 0 Å². The summed E-state index contributed by atoms with van der Waals surface area (Å²) in [5.41, 5.74) is 3.11. The second kappa shape index (κ2) is 6.45. The van der Waals surface area contributed by atoms with Gasteiger partial charge in [-0.2, -0.15) is 0 Å². The summed E-state index contributed by atoms with van der Waals surface area (Å²) in [5, 5.41) is 2.66. The average molecular weight is 300 g/mol. The van der Waals surface area contributed by atoms with Crippen LogP contribution in [0.15, 0.2) is 48.5 Å². The molecule has 21 heavy (non-hydrogen) atoms. The van der Waals surface area contributed by atoms with Crippen LogP contribution in [0.2, 0.25) is 0 Å². The van der Waals surface area contributed by atoms with E-state index in [0.717, 1.165) is 15.4 Å². The first-order chi connectivity index (χ1) is 9.97. The number of rotatable bonds is 2. The monoisotopic (exact) mass is 300 g/mol. The molecule has 0 saturated carbocycles. The highest BCUT2D eigenvalue weighted by atomic mass is 32.1. The predicted octanol–water partition coefficient (Wildman–Crippen LogP) is 3.82. The van der Waals surface area contributed by atoms with Gasteiger partial charge in [-0.15, -0.1) is 0 Å². The molecule has 0 aromatic heterocycles. The lowest BCUT2D eigenvalue weighted by Gasteiger charge is -2.15. The van der Waals surface area contributed by atoms with E-state index in [9.17, 15) is 9.59 Å². The first-order valence-electron chi connectivity index (χ1n) is 6.45. The fraction of sp³-hybridized carbons (Fsp3) is 0.125. The van der Waals surface area contributed by atoms with Gasteiger partial charge in [0, 0.05) is 11.3 Å². The van der Waals surface area contributed by atoms with Gasteiger partial charge in [0.05, 0.1) is 0 Å². The molecule has 0 heterocycles. The predicted molar refractivity (Wildman–Crippen MR) is 86.5 cm³/mol. The number of nitrogens with zero attached hydrogens (tertiary/aromatic N) is 1. The van der Waals surface area contributed by atoms with Crippen LogP contribution in [-0.4, -0.2) is 16.2 Å². The third-order valence-electron chi connectivity index (χ3n) is 2.88. The van der Waals surface area contributed by atoms with Gasteiger partial charge in [-0.25, -0.2) is 9.10 Å². The molecule has 2 rings (SSSR count). The largest absolute Gasteiger partial charge is 0.338 e. The standard InChI is InChI=1S/C16H16N2O2S/c1-11-8-12(2)10-14(9-11)17-16(20)18(21)15(19)13-6-4-3-5-7-13/h3-10,21H,1-2H3,(H,17,20). The number of thiol groups is 1. The first kappa shape index (κ1) is 15.1. The number of imide groups is 1. The summed E-state index contributed by atoms with van der Waals surface area (Å²) < 4.78 is 0.771. The molecule has 0 spiro atoms. The van der Waals surface area contributed by atoms with Crippen LogP contribution >= 0.6 is 12.8 Å². The van der Waals surface area contributed by atoms with Crippen molar-refractivity contribution in [1.29, 1.82) is 0 Å². The normalized spacial score (nSPS) is 10.0. The number of hydrogen-bond acceptors (Lipinski definition) is 3. The van der Waals surface area contributed by atoms with Gasteiger partial charge in [-0.1, -0.05) is 37.1 Å². The third kappa shape index (κ3) is 3.86. The molecule has 0 aliphatic rings. The van der Waals surface area contributed by atoms with Crippen molar-refractivity contribution in [2.24, 2.45) is 0 Å². The number of carbonyl (C=O) groups is 2. The molecule has 2 aromatic rings. The van der Waals surface area contributed by atoms with E-state index in [1.165, 1.54) is 0 Å². The second-order valence-electron chi connectivity index (χ2n) is 4.79. The minimum Gasteiger partial charge on any atom is -0.307 e. The molecule has 0 atom stereocenters. The molecule has 108 valence electrons. The number of anilines is 1. The van der Waals surface area contributed by atoms with E-state index in [0.29, 0.717) is 11.3 Å². The van der Waals surface area contributed by atoms with Gasteiger partial charge in [0.25, 0.3) is 5.91 Å². The smallest absolute Gasteiger partial charge is 0.307 e. The first-order valence-corrected chi connectivity index (χ1v) is 6.85. The molecule has 0 unspecified atom stereocenters. The zero-order valence-electron chi connectivity index (χ0n) is 11.8. The average Bonchev–Trinajstić information content (AvgIpc) is 2.45. The molecule has 0 aliphatic heterocycles. The van der Waals surface area contributed by atoms with Gasteiger partial charge in [-0.05, 0) is 49.2 Å². The van der Waals surface area contributed by atoms with Gasteiger partial charge in [-0.3, -0.25) is 4.79 Å². The van der Waals surface area contributed by atoms with E-state index in [2.05, 4.69) is 18.1 Å². The minimum absolute atomic E-state index is 0.406. The fourth-order valence-electron chi connectivity index (χ4n) is 2.02. The van der Waals surface area contributed by atoms with E-state index in [1.807, 2.05) is 32.0 Å². The van der Waals surface area contributed by atoms with Crippen LogP contribution in [0.1, 0.15) is 21.5 Å².